The first kappa shape index (κ1) is 17.7. The van der Waals surface area contributed by atoms with Crippen LogP contribution in [-0.4, -0.2) is 58.0 Å². The van der Waals surface area contributed by atoms with Crippen molar-refractivity contribution < 1.29 is 14.1 Å². The average molecular weight is 369 g/mol. The van der Waals surface area contributed by atoms with Gasteiger partial charge in [-0.1, -0.05) is 23.4 Å². The Hall–Kier alpha value is -2.74. The first-order valence-electron chi connectivity index (χ1n) is 9.26. The van der Waals surface area contributed by atoms with Gasteiger partial charge in [-0.3, -0.25) is 9.89 Å². The van der Waals surface area contributed by atoms with E-state index in [0.29, 0.717) is 37.7 Å². The normalized spacial score (nSPS) is 17.5. The summed E-state index contributed by atoms with van der Waals surface area (Å²) in [6.45, 7) is 1.93. The van der Waals surface area contributed by atoms with Crippen molar-refractivity contribution in [3.05, 3.63) is 41.7 Å². The van der Waals surface area contributed by atoms with E-state index in [1.165, 1.54) is 0 Å². The third-order valence-corrected chi connectivity index (χ3v) is 5.01. The molecule has 3 heterocycles. The van der Waals surface area contributed by atoms with Gasteiger partial charge in [0.15, 0.2) is 5.82 Å². The Morgan fingerprint density at radius 3 is 3.19 bits per heavy atom. The summed E-state index contributed by atoms with van der Waals surface area (Å²) in [5.74, 6) is 1.45. The molecular formula is C19H23N5O3. The lowest BCUT2D eigenvalue weighted by Crippen LogP contribution is -2.40. The quantitative estimate of drug-likeness (QED) is 0.714. The van der Waals surface area contributed by atoms with Gasteiger partial charge in [-0.25, -0.2) is 0 Å². The van der Waals surface area contributed by atoms with Gasteiger partial charge in [-0.05, 0) is 18.9 Å². The molecule has 0 aliphatic carbocycles. The molecule has 1 amide bonds. The summed E-state index contributed by atoms with van der Waals surface area (Å²) in [6, 6.07) is 7.82. The van der Waals surface area contributed by atoms with Crippen molar-refractivity contribution in [2.75, 3.05) is 26.8 Å². The number of fused-ring (bicyclic) bond motifs is 1. The lowest BCUT2D eigenvalue weighted by atomic mass is 9.97. The van der Waals surface area contributed by atoms with E-state index in [1.807, 2.05) is 29.2 Å². The molecule has 8 heteroatoms. The zero-order chi connectivity index (χ0) is 18.6. The summed E-state index contributed by atoms with van der Waals surface area (Å²) in [5, 5.41) is 12.3. The second kappa shape index (κ2) is 7.87. The predicted octanol–water partition coefficient (Wildman–Crippen LogP) is 2.08. The van der Waals surface area contributed by atoms with Crippen molar-refractivity contribution in [1.29, 1.82) is 0 Å². The van der Waals surface area contributed by atoms with Crippen LogP contribution in [0.3, 0.4) is 0 Å². The Balaban J connectivity index is 1.41. The molecular weight excluding hydrogens is 346 g/mol. The second-order valence-electron chi connectivity index (χ2n) is 6.87. The maximum Gasteiger partial charge on any atom is 0.231 e. The van der Waals surface area contributed by atoms with Gasteiger partial charge in [0.1, 0.15) is 0 Å². The van der Waals surface area contributed by atoms with Crippen LogP contribution < -0.4 is 0 Å². The van der Waals surface area contributed by atoms with E-state index in [1.54, 1.807) is 7.11 Å². The molecule has 2 aromatic heterocycles. The smallest absolute Gasteiger partial charge is 0.231 e. The number of rotatable bonds is 6. The number of aromatic amines is 1. The van der Waals surface area contributed by atoms with E-state index in [9.17, 15) is 4.79 Å². The number of methoxy groups -OCH3 is 1. The van der Waals surface area contributed by atoms with Crippen molar-refractivity contribution in [3.63, 3.8) is 0 Å². The van der Waals surface area contributed by atoms with Crippen LogP contribution in [0, 0.1) is 0 Å². The lowest BCUT2D eigenvalue weighted by molar-refractivity contribution is -0.131. The number of piperidine rings is 1. The number of carbonyl (C=O) groups is 1. The Morgan fingerprint density at radius 2 is 2.30 bits per heavy atom. The highest BCUT2D eigenvalue weighted by Crippen LogP contribution is 2.26. The fraction of sp³-hybridized carbons (Fsp3) is 0.474. The summed E-state index contributed by atoms with van der Waals surface area (Å²) >= 11 is 0. The molecule has 1 aliphatic heterocycles. The van der Waals surface area contributed by atoms with Gasteiger partial charge in [0, 0.05) is 32.0 Å². The highest BCUT2D eigenvalue weighted by molar-refractivity contribution is 5.87. The molecule has 0 spiro atoms. The maximum atomic E-state index is 12.8. The van der Waals surface area contributed by atoms with E-state index in [2.05, 4.69) is 20.3 Å². The summed E-state index contributed by atoms with van der Waals surface area (Å²) in [5.41, 5.74) is 1.74. The third kappa shape index (κ3) is 3.85. The molecule has 1 fully saturated rings. The number of amides is 1. The Morgan fingerprint density at radius 1 is 1.41 bits per heavy atom. The predicted molar refractivity (Wildman–Crippen MR) is 98.2 cm³/mol. The van der Waals surface area contributed by atoms with Crippen LogP contribution in [0.5, 0.6) is 0 Å². The fourth-order valence-electron chi connectivity index (χ4n) is 3.55. The van der Waals surface area contributed by atoms with E-state index in [0.717, 1.165) is 36.0 Å². The van der Waals surface area contributed by atoms with E-state index in [-0.39, 0.29) is 11.8 Å². The minimum absolute atomic E-state index is 0.0880. The van der Waals surface area contributed by atoms with Crippen LogP contribution in [0.15, 0.2) is 28.8 Å². The molecule has 0 radical (unpaired) electrons. The van der Waals surface area contributed by atoms with E-state index >= 15 is 0 Å². The molecule has 1 aromatic carbocycles. The highest BCUT2D eigenvalue weighted by atomic mass is 16.5. The topological polar surface area (TPSA) is 97.1 Å². The van der Waals surface area contributed by atoms with Crippen LogP contribution in [0.1, 0.15) is 36.2 Å². The molecule has 1 N–H and O–H groups in total. The number of ether oxygens (including phenoxy) is 1. The minimum Gasteiger partial charge on any atom is -0.384 e. The summed E-state index contributed by atoms with van der Waals surface area (Å²) in [6.07, 6.45) is 2.82. The van der Waals surface area contributed by atoms with Crippen molar-refractivity contribution >= 4 is 16.8 Å². The summed E-state index contributed by atoms with van der Waals surface area (Å²) in [4.78, 5) is 19.2. The molecule has 1 aliphatic rings. The van der Waals surface area contributed by atoms with Gasteiger partial charge in [0.05, 0.1) is 30.2 Å². The van der Waals surface area contributed by atoms with Crippen LogP contribution in [0.2, 0.25) is 0 Å². The maximum absolute atomic E-state index is 12.8. The number of benzene rings is 1. The number of H-pyrrole nitrogens is 1. The van der Waals surface area contributed by atoms with Crippen LogP contribution in [-0.2, 0) is 22.4 Å². The van der Waals surface area contributed by atoms with E-state index in [4.69, 9.17) is 9.26 Å². The monoisotopic (exact) mass is 369 g/mol. The molecule has 27 heavy (non-hydrogen) atoms. The van der Waals surface area contributed by atoms with Crippen LogP contribution >= 0.6 is 0 Å². The number of para-hydroxylation sites is 1. The van der Waals surface area contributed by atoms with Crippen LogP contribution in [0.4, 0.5) is 0 Å². The number of nitrogens with one attached hydrogen (secondary N) is 1. The number of hydrogen-bond acceptors (Lipinski definition) is 6. The number of likely N-dealkylation sites (tertiary alicyclic amines) is 1. The molecule has 0 saturated carbocycles. The average Bonchev–Trinajstić information content (AvgIpc) is 3.34. The molecule has 4 rings (SSSR count). The van der Waals surface area contributed by atoms with Crippen LogP contribution in [0.25, 0.3) is 10.9 Å². The zero-order valence-electron chi connectivity index (χ0n) is 15.4. The van der Waals surface area contributed by atoms with E-state index < -0.39 is 0 Å². The van der Waals surface area contributed by atoms with Crippen molar-refractivity contribution in [3.8, 4) is 0 Å². The largest absolute Gasteiger partial charge is 0.384 e. The number of hydrogen-bond donors (Lipinski definition) is 1. The first-order chi connectivity index (χ1) is 13.2. The number of nitrogens with zero attached hydrogens (tertiary/aromatic N) is 4. The number of carbonyl (C=O) groups excluding carboxylic acids is 1. The van der Waals surface area contributed by atoms with Gasteiger partial charge in [0.2, 0.25) is 11.8 Å². The Labute approximate surface area is 156 Å². The SMILES string of the molecule is COCCc1noc(C2CCCN(C(=O)Cc3[nH]nc4ccccc34)C2)n1. The molecule has 1 unspecified atom stereocenters. The Kier molecular flexibility index (Phi) is 5.15. The van der Waals surface area contributed by atoms with Crippen molar-refractivity contribution in [2.24, 2.45) is 0 Å². The fourth-order valence-corrected chi connectivity index (χ4v) is 3.55. The third-order valence-electron chi connectivity index (χ3n) is 5.01. The van der Waals surface area contributed by atoms with Gasteiger partial charge in [0.25, 0.3) is 0 Å². The van der Waals surface area contributed by atoms with Gasteiger partial charge >= 0.3 is 0 Å². The lowest BCUT2D eigenvalue weighted by Gasteiger charge is -2.31. The van der Waals surface area contributed by atoms with Crippen molar-refractivity contribution in [1.82, 2.24) is 25.2 Å². The summed E-state index contributed by atoms with van der Waals surface area (Å²) < 4.78 is 10.5. The van der Waals surface area contributed by atoms with Crippen molar-refractivity contribution in [2.45, 2.75) is 31.6 Å². The molecule has 1 saturated heterocycles. The zero-order valence-corrected chi connectivity index (χ0v) is 15.4. The Bertz CT molecular complexity index is 919. The first-order valence-corrected chi connectivity index (χ1v) is 9.26. The molecule has 8 nitrogen and oxygen atoms in total. The summed E-state index contributed by atoms with van der Waals surface area (Å²) in [7, 11) is 1.65. The highest BCUT2D eigenvalue weighted by Gasteiger charge is 2.29. The molecule has 3 aromatic rings. The molecule has 142 valence electrons. The molecule has 1 atom stereocenters. The second-order valence-corrected chi connectivity index (χ2v) is 6.87. The molecule has 0 bridgehead atoms. The van der Waals surface area contributed by atoms with Gasteiger partial charge in [-0.15, -0.1) is 0 Å². The number of aromatic nitrogens is 4. The standard InChI is InChI=1S/C19H23N5O3/c1-26-10-8-17-20-19(27-23-17)13-5-4-9-24(12-13)18(25)11-16-14-6-2-3-7-15(14)21-22-16/h2-3,6-7,13H,4-5,8-12H2,1H3,(H,21,22). The van der Waals surface area contributed by atoms with Gasteiger partial charge < -0.3 is 14.2 Å². The minimum atomic E-state index is 0.0880. The van der Waals surface area contributed by atoms with Gasteiger partial charge in [-0.2, -0.15) is 10.1 Å².